The lowest BCUT2D eigenvalue weighted by Gasteiger charge is -2.04. The fraction of sp³-hybridized carbons (Fsp3) is 0.0833. The van der Waals surface area contributed by atoms with E-state index in [2.05, 4.69) is 5.32 Å². The normalized spacial score (nSPS) is 13.5. The number of carbonyl (C=O) groups excluding carboxylic acids is 2. The van der Waals surface area contributed by atoms with E-state index in [1.807, 2.05) is 0 Å². The van der Waals surface area contributed by atoms with Gasteiger partial charge in [0.2, 0.25) is 5.91 Å². The summed E-state index contributed by atoms with van der Waals surface area (Å²) in [6, 6.07) is 2.99. The average molecular weight is 266 g/mol. The largest absolute Gasteiger partial charge is 0.478 e. The second-order valence-electron chi connectivity index (χ2n) is 3.75. The van der Waals surface area contributed by atoms with Crippen LogP contribution in [0.4, 0.5) is 5.69 Å². The minimum absolute atomic E-state index is 0.160. The van der Waals surface area contributed by atoms with Crippen LogP contribution >= 0.6 is 11.6 Å². The molecule has 92 valence electrons. The van der Waals surface area contributed by atoms with Crippen molar-refractivity contribution in [2.75, 3.05) is 5.32 Å². The number of amides is 1. The molecule has 0 spiro atoms. The van der Waals surface area contributed by atoms with Crippen LogP contribution < -0.4 is 5.32 Å². The Bertz CT molecular complexity index is 592. The Morgan fingerprint density at radius 1 is 1.33 bits per heavy atom. The number of hydrogen-bond donors (Lipinski definition) is 2. The Morgan fingerprint density at radius 3 is 2.72 bits per heavy atom. The van der Waals surface area contributed by atoms with Gasteiger partial charge in [0.1, 0.15) is 0 Å². The van der Waals surface area contributed by atoms with Gasteiger partial charge < -0.3 is 10.4 Å². The van der Waals surface area contributed by atoms with Crippen molar-refractivity contribution in [3.8, 4) is 0 Å². The number of allylic oxidation sites excluding steroid dienone is 1. The molecule has 1 aliphatic heterocycles. The highest BCUT2D eigenvalue weighted by Gasteiger charge is 2.21. The second-order valence-corrected chi connectivity index (χ2v) is 4.16. The van der Waals surface area contributed by atoms with Gasteiger partial charge in [0.05, 0.1) is 11.4 Å². The summed E-state index contributed by atoms with van der Waals surface area (Å²) in [5, 5.41) is 11.2. The quantitative estimate of drug-likeness (QED) is 0.643. The van der Waals surface area contributed by atoms with Crippen LogP contribution in [-0.4, -0.2) is 22.8 Å². The lowest BCUT2D eigenvalue weighted by Crippen LogP contribution is -2.03. The standard InChI is InChI=1S/C12H8ClNO4/c13-8-5-9-6(4-11(16)14-9)3-7(8)10(15)1-2-12(17)18/h1-3,5H,4H2,(H,14,16)(H,17,18). The summed E-state index contributed by atoms with van der Waals surface area (Å²) in [5.74, 6) is -1.88. The van der Waals surface area contributed by atoms with Crippen molar-refractivity contribution in [2.24, 2.45) is 0 Å². The minimum atomic E-state index is -1.21. The maximum atomic E-state index is 11.7. The highest BCUT2D eigenvalue weighted by Crippen LogP contribution is 2.30. The zero-order valence-corrected chi connectivity index (χ0v) is 9.82. The molecule has 0 saturated heterocycles. The van der Waals surface area contributed by atoms with Crippen LogP contribution in [0.5, 0.6) is 0 Å². The number of halogens is 1. The molecule has 0 saturated carbocycles. The zero-order valence-electron chi connectivity index (χ0n) is 9.07. The van der Waals surface area contributed by atoms with Crippen molar-refractivity contribution in [1.29, 1.82) is 0 Å². The first-order chi connectivity index (χ1) is 8.47. The SMILES string of the molecule is O=C(O)C=CC(=O)c1cc2c(cc1Cl)NC(=O)C2. The Kier molecular flexibility index (Phi) is 3.16. The molecule has 0 unspecified atom stereocenters. The van der Waals surface area contributed by atoms with E-state index in [0.29, 0.717) is 11.3 Å². The van der Waals surface area contributed by atoms with Gasteiger partial charge in [0.25, 0.3) is 0 Å². The monoisotopic (exact) mass is 265 g/mol. The summed E-state index contributed by atoms with van der Waals surface area (Å²) in [7, 11) is 0. The van der Waals surface area contributed by atoms with Crippen LogP contribution in [0.2, 0.25) is 5.02 Å². The molecule has 1 amide bonds. The number of anilines is 1. The lowest BCUT2D eigenvalue weighted by atomic mass is 10.0. The molecule has 6 heteroatoms. The minimum Gasteiger partial charge on any atom is -0.478 e. The van der Waals surface area contributed by atoms with Crippen LogP contribution in [0.3, 0.4) is 0 Å². The molecular formula is C12H8ClNO4. The first kappa shape index (κ1) is 12.3. The van der Waals surface area contributed by atoms with Gasteiger partial charge >= 0.3 is 5.97 Å². The van der Waals surface area contributed by atoms with Gasteiger partial charge in [0.15, 0.2) is 5.78 Å². The van der Waals surface area contributed by atoms with Crippen molar-refractivity contribution < 1.29 is 19.5 Å². The van der Waals surface area contributed by atoms with Crippen LogP contribution in [-0.2, 0) is 16.0 Å². The molecule has 0 fully saturated rings. The molecule has 1 heterocycles. The number of aliphatic carboxylic acids is 1. The Labute approximate surface area is 107 Å². The summed E-state index contributed by atoms with van der Waals surface area (Å²) in [6.45, 7) is 0. The molecule has 0 aliphatic carbocycles. The maximum Gasteiger partial charge on any atom is 0.328 e. The number of nitrogens with one attached hydrogen (secondary N) is 1. The molecule has 1 aromatic carbocycles. The molecule has 0 bridgehead atoms. The van der Waals surface area contributed by atoms with Crippen LogP contribution in [0, 0.1) is 0 Å². The number of carboxylic acid groups (broad SMARTS) is 1. The van der Waals surface area contributed by atoms with Crippen molar-refractivity contribution >= 4 is 34.9 Å². The first-order valence-electron chi connectivity index (χ1n) is 5.05. The van der Waals surface area contributed by atoms with Crippen molar-refractivity contribution in [3.63, 3.8) is 0 Å². The van der Waals surface area contributed by atoms with Gasteiger partial charge in [-0.05, 0) is 23.8 Å². The van der Waals surface area contributed by atoms with Crippen molar-refractivity contribution in [2.45, 2.75) is 6.42 Å². The third-order valence-corrected chi connectivity index (χ3v) is 2.77. The van der Waals surface area contributed by atoms with E-state index in [0.717, 1.165) is 12.2 Å². The number of carbonyl (C=O) groups is 3. The highest BCUT2D eigenvalue weighted by atomic mass is 35.5. The summed E-state index contributed by atoms with van der Waals surface area (Å²) in [4.78, 5) is 33.2. The van der Waals surface area contributed by atoms with Crippen LogP contribution in [0.1, 0.15) is 15.9 Å². The van der Waals surface area contributed by atoms with Crippen molar-refractivity contribution in [1.82, 2.24) is 0 Å². The van der Waals surface area contributed by atoms with Crippen molar-refractivity contribution in [3.05, 3.63) is 40.4 Å². The number of ketones is 1. The Balaban J connectivity index is 2.35. The van der Waals surface area contributed by atoms with Gasteiger partial charge in [0, 0.05) is 17.3 Å². The number of benzene rings is 1. The predicted molar refractivity (Wildman–Crippen MR) is 64.9 cm³/mol. The number of carboxylic acids is 1. The highest BCUT2D eigenvalue weighted by molar-refractivity contribution is 6.35. The van der Waals surface area contributed by atoms with E-state index < -0.39 is 11.8 Å². The summed E-state index contributed by atoms with van der Waals surface area (Å²) < 4.78 is 0. The van der Waals surface area contributed by atoms with E-state index in [9.17, 15) is 14.4 Å². The third kappa shape index (κ3) is 2.41. The summed E-state index contributed by atoms with van der Waals surface area (Å²) in [6.07, 6.45) is 1.87. The second kappa shape index (κ2) is 4.62. The average Bonchev–Trinajstić information content (AvgIpc) is 2.64. The molecule has 18 heavy (non-hydrogen) atoms. The lowest BCUT2D eigenvalue weighted by molar-refractivity contribution is -0.131. The molecule has 1 aromatic rings. The number of rotatable bonds is 3. The maximum absolute atomic E-state index is 11.7. The van der Waals surface area contributed by atoms with E-state index in [1.165, 1.54) is 12.1 Å². The van der Waals surface area contributed by atoms with Crippen LogP contribution in [0.15, 0.2) is 24.3 Å². The third-order valence-electron chi connectivity index (χ3n) is 2.46. The van der Waals surface area contributed by atoms with Crippen LogP contribution in [0.25, 0.3) is 0 Å². The van der Waals surface area contributed by atoms with E-state index in [1.54, 1.807) is 0 Å². The van der Waals surface area contributed by atoms with Gasteiger partial charge in [-0.3, -0.25) is 9.59 Å². The Morgan fingerprint density at radius 2 is 2.06 bits per heavy atom. The van der Waals surface area contributed by atoms with E-state index in [4.69, 9.17) is 16.7 Å². The zero-order chi connectivity index (χ0) is 13.3. The molecule has 2 rings (SSSR count). The summed E-state index contributed by atoms with van der Waals surface area (Å²) in [5.41, 5.74) is 1.45. The molecule has 0 radical (unpaired) electrons. The molecule has 2 N–H and O–H groups in total. The molecule has 1 aliphatic rings. The predicted octanol–water partition coefficient (Wildman–Crippen LogP) is 1.66. The fourth-order valence-corrected chi connectivity index (χ4v) is 1.93. The van der Waals surface area contributed by atoms with Gasteiger partial charge in [-0.2, -0.15) is 0 Å². The Hall–Kier alpha value is -2.14. The van der Waals surface area contributed by atoms with Gasteiger partial charge in [-0.1, -0.05) is 11.6 Å². The fourth-order valence-electron chi connectivity index (χ4n) is 1.67. The molecule has 0 aromatic heterocycles. The first-order valence-corrected chi connectivity index (χ1v) is 5.43. The number of hydrogen-bond acceptors (Lipinski definition) is 3. The summed E-state index contributed by atoms with van der Waals surface area (Å²) >= 11 is 5.91. The topological polar surface area (TPSA) is 83.5 Å². The molecular weight excluding hydrogens is 258 g/mol. The van der Waals surface area contributed by atoms with Gasteiger partial charge in [-0.15, -0.1) is 0 Å². The molecule has 5 nitrogen and oxygen atoms in total. The smallest absolute Gasteiger partial charge is 0.328 e. The van der Waals surface area contributed by atoms with E-state index in [-0.39, 0.29) is 22.9 Å². The number of fused-ring (bicyclic) bond motifs is 1. The van der Waals surface area contributed by atoms with E-state index >= 15 is 0 Å². The molecule has 0 atom stereocenters. The van der Waals surface area contributed by atoms with Gasteiger partial charge in [-0.25, -0.2) is 4.79 Å².